The van der Waals surface area contributed by atoms with Gasteiger partial charge in [0, 0.05) is 37.7 Å². The van der Waals surface area contributed by atoms with Crippen molar-refractivity contribution in [1.82, 2.24) is 24.2 Å². The Morgan fingerprint density at radius 2 is 1.92 bits per heavy atom. The maximum absolute atomic E-state index is 12.1. The number of rotatable bonds is 6. The Morgan fingerprint density at radius 1 is 1.23 bits per heavy atom. The number of hydrogen-bond donors (Lipinski definition) is 1. The van der Waals surface area contributed by atoms with Gasteiger partial charge in [-0.15, -0.1) is 0 Å². The molecule has 0 radical (unpaired) electrons. The lowest BCUT2D eigenvalue weighted by Gasteiger charge is -2.39. The van der Waals surface area contributed by atoms with Crippen molar-refractivity contribution in [3.8, 4) is 0 Å². The van der Waals surface area contributed by atoms with E-state index in [0.29, 0.717) is 32.0 Å². The van der Waals surface area contributed by atoms with Gasteiger partial charge in [-0.05, 0) is 38.7 Å². The van der Waals surface area contributed by atoms with Gasteiger partial charge in [-0.3, -0.25) is 9.58 Å². The molecule has 1 saturated heterocycles. The maximum atomic E-state index is 12.1. The van der Waals surface area contributed by atoms with E-state index in [9.17, 15) is 9.90 Å². The average molecular weight is 359 g/mol. The highest BCUT2D eigenvalue weighted by molar-refractivity contribution is 5.76. The van der Waals surface area contributed by atoms with E-state index in [-0.39, 0.29) is 5.92 Å². The summed E-state index contributed by atoms with van der Waals surface area (Å²) in [7, 11) is 0. The molecule has 0 atom stereocenters. The van der Waals surface area contributed by atoms with Crippen LogP contribution < -0.4 is 0 Å². The van der Waals surface area contributed by atoms with Crippen molar-refractivity contribution in [3.63, 3.8) is 0 Å². The van der Waals surface area contributed by atoms with Gasteiger partial charge >= 0.3 is 5.97 Å². The molecule has 2 aromatic heterocycles. The summed E-state index contributed by atoms with van der Waals surface area (Å²) >= 11 is 0. The summed E-state index contributed by atoms with van der Waals surface area (Å²) in [4.78, 5) is 18.9. The Kier molecular flexibility index (Phi) is 5.18. The van der Waals surface area contributed by atoms with Crippen molar-refractivity contribution in [3.05, 3.63) is 36.2 Å². The summed E-state index contributed by atoms with van der Waals surface area (Å²) < 4.78 is 3.85. The number of likely N-dealkylation sites (tertiary alicyclic amines) is 1. The van der Waals surface area contributed by atoms with E-state index in [1.54, 1.807) is 4.68 Å². The zero-order chi connectivity index (χ0) is 18.9. The molecule has 0 spiro atoms. The van der Waals surface area contributed by atoms with E-state index in [1.165, 1.54) is 0 Å². The molecule has 1 fully saturated rings. The first-order valence-corrected chi connectivity index (χ1v) is 9.37. The summed E-state index contributed by atoms with van der Waals surface area (Å²) in [6.45, 7) is 10.6. The molecule has 142 valence electrons. The third-order valence-electron chi connectivity index (χ3n) is 5.39. The summed E-state index contributed by atoms with van der Waals surface area (Å²) in [5.41, 5.74) is -0.0103. The lowest BCUT2D eigenvalue weighted by atomic mass is 9.87. The molecule has 0 aliphatic carbocycles. The van der Waals surface area contributed by atoms with Crippen LogP contribution in [0.1, 0.15) is 64.0 Å². The van der Waals surface area contributed by atoms with Gasteiger partial charge in [0.25, 0.3) is 0 Å². The molecule has 0 aromatic carbocycles. The Hall–Kier alpha value is -2.15. The Bertz CT molecular complexity index is 754. The minimum absolute atomic E-state index is 0.289. The maximum Gasteiger partial charge on any atom is 0.331 e. The first kappa shape index (κ1) is 18.6. The van der Waals surface area contributed by atoms with Crippen LogP contribution in [0.4, 0.5) is 0 Å². The number of hydrogen-bond acceptors (Lipinski definition) is 4. The van der Waals surface area contributed by atoms with Crippen LogP contribution in [0.5, 0.6) is 0 Å². The van der Waals surface area contributed by atoms with Crippen LogP contribution >= 0.6 is 0 Å². The highest BCUT2D eigenvalue weighted by Crippen LogP contribution is 2.31. The van der Waals surface area contributed by atoms with Gasteiger partial charge in [-0.2, -0.15) is 5.10 Å². The molecule has 1 N–H and O–H groups in total. The third-order valence-corrected chi connectivity index (χ3v) is 5.39. The zero-order valence-corrected chi connectivity index (χ0v) is 16.1. The highest BCUT2D eigenvalue weighted by atomic mass is 16.4. The predicted octanol–water partition coefficient (Wildman–Crippen LogP) is 2.86. The number of aromatic nitrogens is 4. The van der Waals surface area contributed by atoms with Crippen LogP contribution in [0, 0.1) is 0 Å². The molecule has 0 saturated carbocycles. The minimum Gasteiger partial charge on any atom is -0.479 e. The van der Waals surface area contributed by atoms with Gasteiger partial charge in [-0.1, -0.05) is 13.8 Å². The molecule has 26 heavy (non-hydrogen) atoms. The molecule has 0 unspecified atom stereocenters. The molecule has 3 heterocycles. The van der Waals surface area contributed by atoms with Gasteiger partial charge in [-0.25, -0.2) is 9.78 Å². The standard InChI is InChI=1S/C19H29N5O2/c1-14(2)16-5-9-24(21-16)19(18(25)26)6-10-22(11-7-19)13-17-20-8-12-23(17)15(3)4/h5,8-9,12,14-15H,6-7,10-11,13H2,1-4H3,(H,25,26). The van der Waals surface area contributed by atoms with E-state index in [4.69, 9.17) is 0 Å². The fourth-order valence-corrected chi connectivity index (χ4v) is 3.64. The predicted molar refractivity (Wildman–Crippen MR) is 99.0 cm³/mol. The quantitative estimate of drug-likeness (QED) is 0.858. The summed E-state index contributed by atoms with van der Waals surface area (Å²) in [5, 5.41) is 14.5. The van der Waals surface area contributed by atoms with E-state index in [2.05, 4.69) is 47.2 Å². The number of nitrogens with zero attached hydrogens (tertiary/aromatic N) is 5. The Labute approximate surface area is 154 Å². The first-order chi connectivity index (χ1) is 12.3. The molecule has 7 nitrogen and oxygen atoms in total. The van der Waals surface area contributed by atoms with Gasteiger partial charge in [0.05, 0.1) is 12.2 Å². The number of piperidine rings is 1. The van der Waals surface area contributed by atoms with Crippen molar-refractivity contribution in [2.24, 2.45) is 0 Å². The monoisotopic (exact) mass is 359 g/mol. The fourth-order valence-electron chi connectivity index (χ4n) is 3.64. The van der Waals surface area contributed by atoms with E-state index in [1.807, 2.05) is 24.7 Å². The molecule has 7 heteroatoms. The van der Waals surface area contributed by atoms with Crippen LogP contribution in [-0.4, -0.2) is 48.4 Å². The normalized spacial score (nSPS) is 17.9. The Morgan fingerprint density at radius 3 is 2.46 bits per heavy atom. The molecule has 0 amide bonds. The molecule has 1 aliphatic heterocycles. The average Bonchev–Trinajstić information content (AvgIpc) is 3.24. The van der Waals surface area contributed by atoms with Crippen molar-refractivity contribution in [2.45, 2.75) is 64.6 Å². The number of carbonyl (C=O) groups is 1. The second kappa shape index (κ2) is 7.23. The van der Waals surface area contributed by atoms with Crippen LogP contribution in [0.2, 0.25) is 0 Å². The van der Waals surface area contributed by atoms with Crippen molar-refractivity contribution in [2.75, 3.05) is 13.1 Å². The molecule has 0 bridgehead atoms. The van der Waals surface area contributed by atoms with Crippen molar-refractivity contribution < 1.29 is 9.90 Å². The zero-order valence-electron chi connectivity index (χ0n) is 16.1. The van der Waals surface area contributed by atoms with Gasteiger partial charge in [0.1, 0.15) is 5.82 Å². The lowest BCUT2D eigenvalue weighted by molar-refractivity contribution is -0.151. The van der Waals surface area contributed by atoms with Crippen LogP contribution in [-0.2, 0) is 16.9 Å². The van der Waals surface area contributed by atoms with Crippen LogP contribution in [0.15, 0.2) is 24.7 Å². The van der Waals surface area contributed by atoms with Crippen molar-refractivity contribution in [1.29, 1.82) is 0 Å². The van der Waals surface area contributed by atoms with Crippen LogP contribution in [0.25, 0.3) is 0 Å². The summed E-state index contributed by atoms with van der Waals surface area (Å²) in [6, 6.07) is 2.30. The van der Waals surface area contributed by atoms with Crippen LogP contribution in [0.3, 0.4) is 0 Å². The van der Waals surface area contributed by atoms with E-state index >= 15 is 0 Å². The second-order valence-electron chi connectivity index (χ2n) is 7.80. The largest absolute Gasteiger partial charge is 0.479 e. The fraction of sp³-hybridized carbons (Fsp3) is 0.632. The molecule has 3 rings (SSSR count). The van der Waals surface area contributed by atoms with Gasteiger partial charge < -0.3 is 9.67 Å². The molecule has 2 aromatic rings. The first-order valence-electron chi connectivity index (χ1n) is 9.37. The molecular formula is C19H29N5O2. The number of carboxylic acid groups (broad SMARTS) is 1. The second-order valence-corrected chi connectivity index (χ2v) is 7.80. The number of aliphatic carboxylic acids is 1. The topological polar surface area (TPSA) is 76.2 Å². The SMILES string of the molecule is CC(C)c1ccn(C2(C(=O)O)CCN(Cc3nccn3C(C)C)CC2)n1. The number of carboxylic acids is 1. The smallest absolute Gasteiger partial charge is 0.331 e. The minimum atomic E-state index is -0.947. The summed E-state index contributed by atoms with van der Waals surface area (Å²) in [5.74, 6) is 0.528. The third kappa shape index (κ3) is 3.40. The highest BCUT2D eigenvalue weighted by Gasteiger charge is 2.44. The number of imidazole rings is 1. The molecular weight excluding hydrogens is 330 g/mol. The Balaban J connectivity index is 1.73. The van der Waals surface area contributed by atoms with Crippen molar-refractivity contribution >= 4 is 5.97 Å². The summed E-state index contributed by atoms with van der Waals surface area (Å²) in [6.07, 6.45) is 6.75. The lowest BCUT2D eigenvalue weighted by Crippen LogP contribution is -2.51. The molecule has 1 aliphatic rings. The van der Waals surface area contributed by atoms with Gasteiger partial charge in [0.15, 0.2) is 5.54 Å². The van der Waals surface area contributed by atoms with Gasteiger partial charge in [0.2, 0.25) is 0 Å². The van der Waals surface area contributed by atoms with E-state index < -0.39 is 11.5 Å². The van der Waals surface area contributed by atoms with E-state index in [0.717, 1.165) is 18.1 Å².